The lowest BCUT2D eigenvalue weighted by molar-refractivity contribution is 0.0697. The first-order chi connectivity index (χ1) is 13.9. The molecule has 1 unspecified atom stereocenters. The summed E-state index contributed by atoms with van der Waals surface area (Å²) in [5, 5.41) is 9.07. The third-order valence-corrected chi connectivity index (χ3v) is 5.94. The van der Waals surface area contributed by atoms with Crippen LogP contribution >= 0.6 is 0 Å². The molecule has 29 heavy (non-hydrogen) atoms. The molecule has 0 amide bonds. The summed E-state index contributed by atoms with van der Waals surface area (Å²) in [7, 11) is 0. The summed E-state index contributed by atoms with van der Waals surface area (Å²) in [6.45, 7) is 7.60. The number of fused-ring (bicyclic) bond motifs is 1. The van der Waals surface area contributed by atoms with Gasteiger partial charge in [0.25, 0.3) is 0 Å². The molecule has 2 aromatic carbocycles. The van der Waals surface area contributed by atoms with Crippen molar-refractivity contribution in [3.63, 3.8) is 0 Å². The minimum Gasteiger partial charge on any atom is -0.493 e. The Morgan fingerprint density at radius 2 is 1.93 bits per heavy atom. The zero-order chi connectivity index (χ0) is 20.9. The van der Waals surface area contributed by atoms with E-state index in [4.69, 9.17) is 9.84 Å². The van der Waals surface area contributed by atoms with E-state index in [1.807, 2.05) is 12.1 Å². The summed E-state index contributed by atoms with van der Waals surface area (Å²) in [5.41, 5.74) is 4.11. The molecule has 0 aliphatic carbocycles. The molecule has 2 aromatic rings. The zero-order valence-corrected chi connectivity index (χ0v) is 17.8. The van der Waals surface area contributed by atoms with Gasteiger partial charge in [-0.15, -0.1) is 0 Å². The number of unbranched alkanes of at least 4 members (excludes halogenated alkanes) is 2. The molecule has 3 rings (SSSR count). The van der Waals surface area contributed by atoms with Crippen LogP contribution in [0.3, 0.4) is 0 Å². The fourth-order valence-electron chi connectivity index (χ4n) is 3.94. The predicted molar refractivity (Wildman–Crippen MR) is 119 cm³/mol. The van der Waals surface area contributed by atoms with E-state index in [1.165, 1.54) is 30.4 Å². The molecule has 1 heterocycles. The van der Waals surface area contributed by atoms with Crippen LogP contribution in [0.2, 0.25) is 0 Å². The van der Waals surface area contributed by atoms with Crippen LogP contribution in [0.25, 0.3) is 6.08 Å². The molecule has 0 fully saturated rings. The second-order valence-corrected chi connectivity index (χ2v) is 8.63. The molecular weight excluding hydrogens is 360 g/mol. The molecule has 0 radical (unpaired) electrons. The van der Waals surface area contributed by atoms with Gasteiger partial charge < -0.3 is 9.84 Å². The third kappa shape index (κ3) is 5.29. The summed E-state index contributed by atoms with van der Waals surface area (Å²) in [6.07, 6.45) is 10.2. The normalized spacial score (nSPS) is 16.2. The largest absolute Gasteiger partial charge is 0.493 e. The van der Waals surface area contributed by atoms with Crippen molar-refractivity contribution in [1.29, 1.82) is 0 Å². The predicted octanol–water partition coefficient (Wildman–Crippen LogP) is 6.82. The van der Waals surface area contributed by atoms with Crippen molar-refractivity contribution in [2.75, 3.05) is 6.61 Å². The van der Waals surface area contributed by atoms with Gasteiger partial charge in [0, 0.05) is 11.5 Å². The molecule has 0 aromatic heterocycles. The zero-order valence-electron chi connectivity index (χ0n) is 17.8. The first-order valence-corrected chi connectivity index (χ1v) is 10.7. The second kappa shape index (κ2) is 9.30. The Balaban J connectivity index is 1.86. The Bertz CT molecular complexity index is 862. The molecule has 1 aliphatic rings. The number of carboxylic acid groups (broad SMARTS) is 1. The van der Waals surface area contributed by atoms with Gasteiger partial charge in [-0.05, 0) is 47.6 Å². The van der Waals surface area contributed by atoms with Crippen LogP contribution in [0.15, 0.2) is 48.5 Å². The standard InChI is InChI=1S/C26H32O3/c1-4-5-6-7-20(11-8-19-9-12-21(13-10-19)25(27)28)22-14-15-24-23(18-22)26(2,3)16-17-29-24/h8-15,18,20H,4-7,16-17H2,1-3H3,(H,27,28)/b11-8+. The monoisotopic (exact) mass is 392 g/mol. The number of allylic oxidation sites excluding steroid dienone is 1. The van der Waals surface area contributed by atoms with E-state index in [0.29, 0.717) is 11.5 Å². The van der Waals surface area contributed by atoms with Gasteiger partial charge in [0.1, 0.15) is 5.75 Å². The van der Waals surface area contributed by atoms with Crippen molar-refractivity contribution in [3.05, 3.63) is 70.8 Å². The Kier molecular flexibility index (Phi) is 6.79. The first kappa shape index (κ1) is 21.2. The van der Waals surface area contributed by atoms with E-state index < -0.39 is 5.97 Å². The third-order valence-electron chi connectivity index (χ3n) is 5.94. The van der Waals surface area contributed by atoms with Crippen molar-refractivity contribution in [1.82, 2.24) is 0 Å². The molecule has 0 bridgehead atoms. The molecule has 3 nitrogen and oxygen atoms in total. The summed E-state index contributed by atoms with van der Waals surface area (Å²) in [6, 6.07) is 13.7. The van der Waals surface area contributed by atoms with Crippen LogP contribution in [0, 0.1) is 0 Å². The summed E-state index contributed by atoms with van der Waals surface area (Å²) in [4.78, 5) is 11.1. The van der Waals surface area contributed by atoms with E-state index in [2.05, 4.69) is 51.1 Å². The van der Waals surface area contributed by atoms with Crippen LogP contribution in [0.5, 0.6) is 5.75 Å². The summed E-state index contributed by atoms with van der Waals surface area (Å²) < 4.78 is 5.89. The highest BCUT2D eigenvalue weighted by molar-refractivity contribution is 5.87. The highest BCUT2D eigenvalue weighted by atomic mass is 16.5. The average Bonchev–Trinajstić information content (AvgIpc) is 2.70. The topological polar surface area (TPSA) is 46.5 Å². The number of carbonyl (C=O) groups is 1. The van der Waals surface area contributed by atoms with E-state index >= 15 is 0 Å². The lowest BCUT2D eigenvalue weighted by Gasteiger charge is -2.33. The maximum Gasteiger partial charge on any atom is 0.335 e. The first-order valence-electron chi connectivity index (χ1n) is 10.7. The maximum absolute atomic E-state index is 11.1. The number of aromatic carboxylic acids is 1. The van der Waals surface area contributed by atoms with Crippen molar-refractivity contribution in [3.8, 4) is 5.75 Å². The van der Waals surface area contributed by atoms with Crippen molar-refractivity contribution >= 4 is 12.0 Å². The van der Waals surface area contributed by atoms with Crippen LogP contribution in [-0.2, 0) is 5.41 Å². The smallest absolute Gasteiger partial charge is 0.335 e. The SMILES string of the molecule is CCCCCC(/C=C/c1ccc(C(=O)O)cc1)c1ccc2c(c1)C(C)(C)CCO2. The molecule has 154 valence electrons. The molecule has 1 aliphatic heterocycles. The van der Waals surface area contributed by atoms with Crippen molar-refractivity contribution in [2.24, 2.45) is 0 Å². The van der Waals surface area contributed by atoms with Crippen molar-refractivity contribution < 1.29 is 14.6 Å². The molecule has 0 spiro atoms. The van der Waals surface area contributed by atoms with Gasteiger partial charge in [0.15, 0.2) is 0 Å². The number of carboxylic acids is 1. The second-order valence-electron chi connectivity index (χ2n) is 8.63. The van der Waals surface area contributed by atoms with E-state index in [0.717, 1.165) is 30.8 Å². The van der Waals surface area contributed by atoms with Gasteiger partial charge in [-0.2, -0.15) is 0 Å². The van der Waals surface area contributed by atoms with E-state index in [-0.39, 0.29) is 5.41 Å². The fourth-order valence-corrected chi connectivity index (χ4v) is 3.94. The van der Waals surface area contributed by atoms with Gasteiger partial charge in [-0.1, -0.05) is 76.5 Å². The van der Waals surface area contributed by atoms with Crippen LogP contribution in [0.4, 0.5) is 0 Å². The minimum absolute atomic E-state index is 0.133. The van der Waals surface area contributed by atoms with E-state index in [9.17, 15) is 4.79 Å². The lowest BCUT2D eigenvalue weighted by atomic mass is 9.78. The quantitative estimate of drug-likeness (QED) is 0.501. The lowest BCUT2D eigenvalue weighted by Crippen LogP contribution is -2.26. The highest BCUT2D eigenvalue weighted by Gasteiger charge is 2.29. The van der Waals surface area contributed by atoms with E-state index in [1.54, 1.807) is 12.1 Å². The number of ether oxygens (including phenoxy) is 1. The van der Waals surface area contributed by atoms with Gasteiger partial charge >= 0.3 is 5.97 Å². The van der Waals surface area contributed by atoms with Gasteiger partial charge in [0.2, 0.25) is 0 Å². The van der Waals surface area contributed by atoms with Gasteiger partial charge in [-0.25, -0.2) is 4.79 Å². The summed E-state index contributed by atoms with van der Waals surface area (Å²) in [5.74, 6) is 0.464. The van der Waals surface area contributed by atoms with Crippen LogP contribution in [0.1, 0.15) is 85.8 Å². The van der Waals surface area contributed by atoms with Gasteiger partial charge in [0.05, 0.1) is 12.2 Å². The molecule has 0 saturated carbocycles. The molecule has 1 atom stereocenters. The number of benzene rings is 2. The average molecular weight is 393 g/mol. The molecule has 0 saturated heterocycles. The Morgan fingerprint density at radius 1 is 1.17 bits per heavy atom. The Hall–Kier alpha value is -2.55. The van der Waals surface area contributed by atoms with Crippen LogP contribution in [-0.4, -0.2) is 17.7 Å². The number of hydrogen-bond acceptors (Lipinski definition) is 2. The molecular formula is C26H32O3. The highest BCUT2D eigenvalue weighted by Crippen LogP contribution is 2.40. The Morgan fingerprint density at radius 3 is 2.62 bits per heavy atom. The van der Waals surface area contributed by atoms with Crippen LogP contribution < -0.4 is 4.74 Å². The number of rotatable bonds is 8. The van der Waals surface area contributed by atoms with Crippen molar-refractivity contribution in [2.45, 2.75) is 64.2 Å². The maximum atomic E-state index is 11.1. The minimum atomic E-state index is -0.892. The molecule has 3 heteroatoms. The number of hydrogen-bond donors (Lipinski definition) is 1. The fraction of sp³-hybridized carbons (Fsp3) is 0.423. The van der Waals surface area contributed by atoms with Gasteiger partial charge in [-0.3, -0.25) is 0 Å². The Labute approximate surface area is 174 Å². The molecule has 1 N–H and O–H groups in total. The summed E-state index contributed by atoms with van der Waals surface area (Å²) >= 11 is 0.